The molecule has 0 aromatic heterocycles. The standard InChI is InChI=1S/C27H42O5/c1-24(2)14-29-26(30-15-24)10-19-6-18(7-20(19)11-26)4-5-25(3)16-31-27(32-17-25)12-21-8-23(28)9-22(21)13-27/h18-22H,4-17H2,1-3H3. The molecule has 6 rings (SSSR count). The van der Waals surface area contributed by atoms with E-state index in [0.29, 0.717) is 17.6 Å². The Labute approximate surface area is 193 Å². The number of hydrogen-bond acceptors (Lipinski definition) is 5. The van der Waals surface area contributed by atoms with E-state index in [4.69, 9.17) is 18.9 Å². The summed E-state index contributed by atoms with van der Waals surface area (Å²) < 4.78 is 25.4. The molecule has 5 nitrogen and oxygen atoms in total. The van der Waals surface area contributed by atoms with Crippen molar-refractivity contribution in [2.24, 2.45) is 40.4 Å². The van der Waals surface area contributed by atoms with E-state index >= 15 is 0 Å². The van der Waals surface area contributed by atoms with Crippen LogP contribution in [0.15, 0.2) is 0 Å². The van der Waals surface area contributed by atoms with Gasteiger partial charge in [-0.3, -0.25) is 4.79 Å². The molecule has 32 heavy (non-hydrogen) atoms. The van der Waals surface area contributed by atoms with E-state index in [2.05, 4.69) is 20.8 Å². The van der Waals surface area contributed by atoms with E-state index in [9.17, 15) is 4.79 Å². The molecule has 4 atom stereocenters. The number of hydrogen-bond donors (Lipinski definition) is 0. The van der Waals surface area contributed by atoms with Gasteiger partial charge in [0.1, 0.15) is 5.78 Å². The van der Waals surface area contributed by atoms with Crippen LogP contribution in [0.1, 0.15) is 85.0 Å². The van der Waals surface area contributed by atoms with Crippen LogP contribution in [0.3, 0.4) is 0 Å². The zero-order valence-corrected chi connectivity index (χ0v) is 20.3. The predicted molar refractivity (Wildman–Crippen MR) is 120 cm³/mol. The molecule has 2 saturated heterocycles. The highest BCUT2D eigenvalue weighted by Gasteiger charge is 2.55. The Morgan fingerprint density at radius 3 is 1.72 bits per heavy atom. The van der Waals surface area contributed by atoms with Gasteiger partial charge in [-0.25, -0.2) is 0 Å². The van der Waals surface area contributed by atoms with Crippen LogP contribution >= 0.6 is 0 Å². The van der Waals surface area contributed by atoms with Gasteiger partial charge in [0.25, 0.3) is 0 Å². The summed E-state index contributed by atoms with van der Waals surface area (Å²) in [5, 5.41) is 0. The maximum Gasteiger partial charge on any atom is 0.168 e. The molecule has 180 valence electrons. The third-order valence-electron chi connectivity index (χ3n) is 9.85. The normalized spacial score (nSPS) is 49.1. The van der Waals surface area contributed by atoms with Crippen LogP contribution in [0, 0.1) is 40.4 Å². The van der Waals surface area contributed by atoms with Crippen LogP contribution in [0.5, 0.6) is 0 Å². The van der Waals surface area contributed by atoms with Crippen molar-refractivity contribution in [3.05, 3.63) is 0 Å². The molecular weight excluding hydrogens is 404 g/mol. The van der Waals surface area contributed by atoms with Crippen molar-refractivity contribution in [2.75, 3.05) is 26.4 Å². The number of fused-ring (bicyclic) bond motifs is 2. The summed E-state index contributed by atoms with van der Waals surface area (Å²) in [5.74, 6) is 3.15. The van der Waals surface area contributed by atoms with Crippen molar-refractivity contribution in [1.29, 1.82) is 0 Å². The van der Waals surface area contributed by atoms with E-state index in [-0.39, 0.29) is 22.4 Å². The minimum absolute atomic E-state index is 0.124. The van der Waals surface area contributed by atoms with Crippen LogP contribution in [-0.2, 0) is 23.7 Å². The monoisotopic (exact) mass is 446 g/mol. The van der Waals surface area contributed by atoms with Crippen LogP contribution in [0.2, 0.25) is 0 Å². The minimum atomic E-state index is -0.386. The summed E-state index contributed by atoms with van der Waals surface area (Å²) >= 11 is 0. The van der Waals surface area contributed by atoms with Gasteiger partial charge < -0.3 is 18.9 Å². The first kappa shape index (κ1) is 22.0. The molecule has 4 aliphatic carbocycles. The maximum atomic E-state index is 11.7. The Morgan fingerprint density at radius 2 is 1.19 bits per heavy atom. The van der Waals surface area contributed by atoms with E-state index in [1.807, 2.05) is 0 Å². The lowest BCUT2D eigenvalue weighted by molar-refractivity contribution is -0.301. The van der Waals surface area contributed by atoms with Crippen LogP contribution in [0.25, 0.3) is 0 Å². The largest absolute Gasteiger partial charge is 0.349 e. The molecule has 0 radical (unpaired) electrons. The zero-order chi connectivity index (χ0) is 22.2. The second-order valence-electron chi connectivity index (χ2n) is 13.6. The molecule has 6 fully saturated rings. The second-order valence-corrected chi connectivity index (χ2v) is 13.6. The lowest BCUT2D eigenvalue weighted by atomic mass is 9.82. The van der Waals surface area contributed by atoms with Gasteiger partial charge in [-0.2, -0.15) is 0 Å². The van der Waals surface area contributed by atoms with Gasteiger partial charge in [0.15, 0.2) is 11.6 Å². The summed E-state index contributed by atoms with van der Waals surface area (Å²) in [6.07, 6.45) is 10.7. The highest BCUT2D eigenvalue weighted by atomic mass is 16.7. The molecule has 0 N–H and O–H groups in total. The SMILES string of the molecule is CC1(C)COC2(CC3CC(CCC4(C)COC5(CC6CC(=O)CC6C5)OC4)CC3C2)OC1. The van der Waals surface area contributed by atoms with E-state index in [1.54, 1.807) is 0 Å². The number of carbonyl (C=O) groups is 1. The molecule has 2 heterocycles. The second kappa shape index (κ2) is 7.50. The van der Waals surface area contributed by atoms with Gasteiger partial charge in [-0.15, -0.1) is 0 Å². The van der Waals surface area contributed by atoms with Crippen LogP contribution < -0.4 is 0 Å². The maximum absolute atomic E-state index is 11.7. The summed E-state index contributed by atoms with van der Waals surface area (Å²) in [5.41, 5.74) is 0.275. The highest BCUT2D eigenvalue weighted by Crippen LogP contribution is 2.56. The number of rotatable bonds is 3. The van der Waals surface area contributed by atoms with Crippen LogP contribution in [-0.4, -0.2) is 43.8 Å². The van der Waals surface area contributed by atoms with Gasteiger partial charge in [-0.05, 0) is 55.3 Å². The molecule has 2 aliphatic heterocycles. The van der Waals surface area contributed by atoms with Crippen molar-refractivity contribution in [1.82, 2.24) is 0 Å². The average molecular weight is 447 g/mol. The topological polar surface area (TPSA) is 54.0 Å². The van der Waals surface area contributed by atoms with E-state index < -0.39 is 0 Å². The van der Waals surface area contributed by atoms with Crippen molar-refractivity contribution < 1.29 is 23.7 Å². The Bertz CT molecular complexity index is 707. The van der Waals surface area contributed by atoms with Crippen molar-refractivity contribution in [3.63, 3.8) is 0 Å². The summed E-state index contributed by atoms with van der Waals surface area (Å²) in [4.78, 5) is 11.7. The summed E-state index contributed by atoms with van der Waals surface area (Å²) in [6, 6.07) is 0. The lowest BCUT2D eigenvalue weighted by Gasteiger charge is -2.44. The molecule has 4 saturated carbocycles. The van der Waals surface area contributed by atoms with E-state index in [1.165, 1.54) is 25.7 Å². The van der Waals surface area contributed by atoms with Gasteiger partial charge in [-0.1, -0.05) is 20.8 Å². The smallest absolute Gasteiger partial charge is 0.168 e. The summed E-state index contributed by atoms with van der Waals surface area (Å²) in [7, 11) is 0. The lowest BCUT2D eigenvalue weighted by Crippen LogP contribution is -2.47. The van der Waals surface area contributed by atoms with Gasteiger partial charge in [0, 0.05) is 49.4 Å². The quantitative estimate of drug-likeness (QED) is 0.603. The van der Waals surface area contributed by atoms with Crippen molar-refractivity contribution in [2.45, 2.75) is 96.6 Å². The molecule has 0 aromatic rings. The average Bonchev–Trinajstić information content (AvgIpc) is 3.44. The Kier molecular flexibility index (Phi) is 5.16. The van der Waals surface area contributed by atoms with Gasteiger partial charge >= 0.3 is 0 Å². The van der Waals surface area contributed by atoms with Gasteiger partial charge in [0.2, 0.25) is 0 Å². The first-order chi connectivity index (χ1) is 15.1. The molecule has 4 unspecified atom stereocenters. The minimum Gasteiger partial charge on any atom is -0.349 e. The highest BCUT2D eigenvalue weighted by molar-refractivity contribution is 5.81. The Balaban J connectivity index is 0.965. The van der Waals surface area contributed by atoms with Crippen molar-refractivity contribution >= 4 is 5.78 Å². The Morgan fingerprint density at radius 1 is 0.719 bits per heavy atom. The number of Topliss-reactive ketones (excluding diaryl/α,β-unsaturated/α-hetero) is 1. The third-order valence-corrected chi connectivity index (χ3v) is 9.85. The fourth-order valence-electron chi connectivity index (χ4n) is 7.92. The fourth-order valence-corrected chi connectivity index (χ4v) is 7.92. The first-order valence-corrected chi connectivity index (χ1v) is 13.2. The molecule has 0 aromatic carbocycles. The van der Waals surface area contributed by atoms with Crippen LogP contribution in [0.4, 0.5) is 0 Å². The fraction of sp³-hybridized carbons (Fsp3) is 0.963. The number of carbonyl (C=O) groups excluding carboxylic acids is 1. The number of ketones is 1. The predicted octanol–water partition coefficient (Wildman–Crippen LogP) is 5.11. The van der Waals surface area contributed by atoms with Crippen molar-refractivity contribution in [3.8, 4) is 0 Å². The molecule has 5 heteroatoms. The Hall–Kier alpha value is -0.490. The first-order valence-electron chi connectivity index (χ1n) is 13.2. The zero-order valence-electron chi connectivity index (χ0n) is 20.3. The molecule has 0 bridgehead atoms. The van der Waals surface area contributed by atoms with E-state index in [0.717, 1.165) is 82.7 Å². The molecule has 6 aliphatic rings. The summed E-state index contributed by atoms with van der Waals surface area (Å²) in [6.45, 7) is 10.1. The molecule has 0 amide bonds. The number of ether oxygens (including phenoxy) is 4. The molecular formula is C27H42O5. The molecule has 2 spiro atoms. The van der Waals surface area contributed by atoms with Gasteiger partial charge in [0.05, 0.1) is 26.4 Å². The third kappa shape index (κ3) is 3.99.